The van der Waals surface area contributed by atoms with Gasteiger partial charge in [-0.2, -0.15) is 0 Å². The van der Waals surface area contributed by atoms with Crippen LogP contribution in [0.1, 0.15) is 29.2 Å². The average Bonchev–Trinajstić information content (AvgIpc) is 2.75. The molecule has 2 aromatic carbocycles. The van der Waals surface area contributed by atoms with Crippen molar-refractivity contribution in [3.8, 4) is 0 Å². The molecule has 0 heterocycles. The molecule has 0 aromatic heterocycles. The molecule has 1 atom stereocenters. The summed E-state index contributed by atoms with van der Waals surface area (Å²) in [4.78, 5) is 0. The molecule has 3 rings (SSSR count). The molecule has 0 radical (unpaired) electrons. The second-order valence-electron chi connectivity index (χ2n) is 5.04. The lowest BCUT2D eigenvalue weighted by Crippen LogP contribution is -2.08. The Morgan fingerprint density at radius 3 is 2.58 bits per heavy atom. The highest BCUT2D eigenvalue weighted by Gasteiger charge is 2.22. The van der Waals surface area contributed by atoms with Crippen molar-refractivity contribution in [3.05, 3.63) is 64.7 Å². The fourth-order valence-electron chi connectivity index (χ4n) is 2.71. The third kappa shape index (κ3) is 2.33. The molecule has 0 saturated heterocycles. The largest absolute Gasteiger partial charge is 0.378 e. The number of rotatable bonds is 2. The summed E-state index contributed by atoms with van der Waals surface area (Å²) in [5.74, 6) is -0.408. The highest BCUT2D eigenvalue weighted by molar-refractivity contribution is 5.53. The van der Waals surface area contributed by atoms with Crippen LogP contribution in [0.3, 0.4) is 0 Å². The lowest BCUT2D eigenvalue weighted by Gasteiger charge is -2.17. The second kappa shape index (κ2) is 4.65. The molecule has 2 aromatic rings. The van der Waals surface area contributed by atoms with Gasteiger partial charge in [0.2, 0.25) is 0 Å². The zero-order valence-electron chi connectivity index (χ0n) is 10.7. The minimum absolute atomic E-state index is 0.180. The summed E-state index contributed by atoms with van der Waals surface area (Å²) in [6, 6.07) is 9.85. The fourth-order valence-corrected chi connectivity index (χ4v) is 2.71. The van der Waals surface area contributed by atoms with E-state index in [-0.39, 0.29) is 17.7 Å². The first kappa shape index (κ1) is 12.2. The smallest absolute Gasteiger partial charge is 0.123 e. The van der Waals surface area contributed by atoms with Gasteiger partial charge in [0.15, 0.2) is 0 Å². The van der Waals surface area contributed by atoms with Crippen LogP contribution in [0.15, 0.2) is 36.4 Å². The van der Waals surface area contributed by atoms with Gasteiger partial charge in [-0.25, -0.2) is 8.78 Å². The Hall–Kier alpha value is -1.90. The number of hydrogen-bond acceptors (Lipinski definition) is 1. The lowest BCUT2D eigenvalue weighted by atomic mass is 10.1. The van der Waals surface area contributed by atoms with Crippen molar-refractivity contribution in [2.24, 2.45) is 0 Å². The molecule has 19 heavy (non-hydrogen) atoms. The first-order chi connectivity index (χ1) is 9.13. The summed E-state index contributed by atoms with van der Waals surface area (Å²) >= 11 is 0. The van der Waals surface area contributed by atoms with Crippen molar-refractivity contribution in [1.29, 1.82) is 0 Å². The van der Waals surface area contributed by atoms with E-state index in [0.29, 0.717) is 0 Å². The van der Waals surface area contributed by atoms with Gasteiger partial charge in [0, 0.05) is 5.69 Å². The minimum atomic E-state index is -0.225. The molecule has 0 bridgehead atoms. The Morgan fingerprint density at radius 2 is 1.79 bits per heavy atom. The van der Waals surface area contributed by atoms with Gasteiger partial charge < -0.3 is 5.32 Å². The van der Waals surface area contributed by atoms with Crippen LogP contribution in [0.25, 0.3) is 0 Å². The van der Waals surface area contributed by atoms with Crippen LogP contribution in [-0.2, 0) is 6.42 Å². The van der Waals surface area contributed by atoms with Crippen molar-refractivity contribution in [2.75, 3.05) is 5.32 Å². The summed E-state index contributed by atoms with van der Waals surface area (Å²) in [5.41, 5.74) is 4.03. The Kier molecular flexibility index (Phi) is 2.97. The van der Waals surface area contributed by atoms with Gasteiger partial charge in [-0.1, -0.05) is 6.07 Å². The molecule has 1 aliphatic rings. The molecule has 1 nitrogen and oxygen atoms in total. The Balaban J connectivity index is 1.86. The molecule has 3 heteroatoms. The summed E-state index contributed by atoms with van der Waals surface area (Å²) < 4.78 is 26.2. The van der Waals surface area contributed by atoms with E-state index >= 15 is 0 Å². The Labute approximate surface area is 111 Å². The highest BCUT2D eigenvalue weighted by Crippen LogP contribution is 2.34. The maximum Gasteiger partial charge on any atom is 0.123 e. The van der Waals surface area contributed by atoms with Crippen LogP contribution in [0.5, 0.6) is 0 Å². The van der Waals surface area contributed by atoms with Crippen LogP contribution in [0.2, 0.25) is 0 Å². The number of fused-ring (bicyclic) bond motifs is 1. The SMILES string of the molecule is Cc1cc(F)ccc1NC1CCc2cc(F)ccc21. The van der Waals surface area contributed by atoms with E-state index in [2.05, 4.69) is 5.32 Å². The molecule has 0 spiro atoms. The molecule has 1 N–H and O–H groups in total. The maximum absolute atomic E-state index is 13.2. The molecule has 0 saturated carbocycles. The number of anilines is 1. The van der Waals surface area contributed by atoms with Crippen molar-refractivity contribution < 1.29 is 8.78 Å². The van der Waals surface area contributed by atoms with E-state index in [0.717, 1.165) is 35.2 Å². The van der Waals surface area contributed by atoms with Gasteiger partial charge in [-0.3, -0.25) is 0 Å². The molecule has 1 aliphatic carbocycles. The Bertz CT molecular complexity index is 622. The standard InChI is InChI=1S/C16H15F2N/c1-10-8-12(17)4-7-15(10)19-16-6-2-11-9-13(18)3-5-14(11)16/h3-5,7-9,16,19H,2,6H2,1H3. The van der Waals surface area contributed by atoms with Gasteiger partial charge in [0.1, 0.15) is 11.6 Å². The maximum atomic E-state index is 13.2. The normalized spacial score (nSPS) is 17.3. The number of aryl methyl sites for hydroxylation is 2. The van der Waals surface area contributed by atoms with Crippen molar-refractivity contribution in [3.63, 3.8) is 0 Å². The number of benzene rings is 2. The third-order valence-electron chi connectivity index (χ3n) is 3.70. The lowest BCUT2D eigenvalue weighted by molar-refractivity contribution is 0.625. The molecule has 1 unspecified atom stereocenters. The van der Waals surface area contributed by atoms with Crippen LogP contribution >= 0.6 is 0 Å². The van der Waals surface area contributed by atoms with E-state index in [1.807, 2.05) is 13.0 Å². The van der Waals surface area contributed by atoms with Crippen molar-refractivity contribution in [2.45, 2.75) is 25.8 Å². The van der Waals surface area contributed by atoms with Crippen LogP contribution in [0.4, 0.5) is 14.5 Å². The van der Waals surface area contributed by atoms with E-state index in [1.165, 1.54) is 18.2 Å². The molecule has 0 aliphatic heterocycles. The second-order valence-corrected chi connectivity index (χ2v) is 5.04. The van der Waals surface area contributed by atoms with E-state index in [4.69, 9.17) is 0 Å². The van der Waals surface area contributed by atoms with Gasteiger partial charge in [0.25, 0.3) is 0 Å². The molecule has 98 valence electrons. The summed E-state index contributed by atoms with van der Waals surface area (Å²) in [6.07, 6.45) is 1.82. The zero-order chi connectivity index (χ0) is 13.4. The number of hydrogen-bond donors (Lipinski definition) is 1. The van der Waals surface area contributed by atoms with Crippen molar-refractivity contribution in [1.82, 2.24) is 0 Å². The first-order valence-electron chi connectivity index (χ1n) is 6.44. The van der Waals surface area contributed by atoms with E-state index in [9.17, 15) is 8.78 Å². The van der Waals surface area contributed by atoms with Gasteiger partial charge in [-0.05, 0) is 66.8 Å². The quantitative estimate of drug-likeness (QED) is 0.844. The van der Waals surface area contributed by atoms with Gasteiger partial charge >= 0.3 is 0 Å². The Morgan fingerprint density at radius 1 is 1.05 bits per heavy atom. The minimum Gasteiger partial charge on any atom is -0.378 e. The fraction of sp³-hybridized carbons (Fsp3) is 0.250. The topological polar surface area (TPSA) is 12.0 Å². The number of halogens is 2. The average molecular weight is 259 g/mol. The monoisotopic (exact) mass is 259 g/mol. The number of nitrogens with one attached hydrogen (secondary N) is 1. The molecule has 0 amide bonds. The summed E-state index contributed by atoms with van der Waals surface area (Å²) in [7, 11) is 0. The predicted molar refractivity (Wildman–Crippen MR) is 72.2 cm³/mol. The van der Waals surface area contributed by atoms with Crippen molar-refractivity contribution >= 4 is 5.69 Å². The third-order valence-corrected chi connectivity index (χ3v) is 3.70. The van der Waals surface area contributed by atoms with E-state index < -0.39 is 0 Å². The van der Waals surface area contributed by atoms with Crippen LogP contribution in [0, 0.1) is 18.6 Å². The molecular formula is C16H15F2N. The van der Waals surface area contributed by atoms with Gasteiger partial charge in [-0.15, -0.1) is 0 Å². The zero-order valence-corrected chi connectivity index (χ0v) is 10.7. The molecule has 0 fully saturated rings. The molecular weight excluding hydrogens is 244 g/mol. The van der Waals surface area contributed by atoms with Crippen LogP contribution in [-0.4, -0.2) is 0 Å². The summed E-state index contributed by atoms with van der Waals surface area (Å²) in [6.45, 7) is 1.88. The first-order valence-corrected chi connectivity index (χ1v) is 6.44. The van der Waals surface area contributed by atoms with E-state index in [1.54, 1.807) is 12.1 Å². The summed E-state index contributed by atoms with van der Waals surface area (Å²) in [5, 5.41) is 3.42. The highest BCUT2D eigenvalue weighted by atomic mass is 19.1. The van der Waals surface area contributed by atoms with Crippen LogP contribution < -0.4 is 5.32 Å². The predicted octanol–water partition coefficient (Wildman–Crippen LogP) is 4.37. The van der Waals surface area contributed by atoms with Gasteiger partial charge in [0.05, 0.1) is 6.04 Å².